The maximum absolute atomic E-state index is 10.3. The molecule has 0 saturated heterocycles. The van der Waals surface area contributed by atoms with Gasteiger partial charge in [0.15, 0.2) is 0 Å². The van der Waals surface area contributed by atoms with Crippen molar-refractivity contribution in [2.24, 2.45) is 0 Å². The third kappa shape index (κ3) is 3.88. The Labute approximate surface area is 70.9 Å². The van der Waals surface area contributed by atoms with Crippen LogP contribution in [0.4, 0.5) is 5.69 Å². The van der Waals surface area contributed by atoms with Crippen LogP contribution < -0.4 is 10.1 Å². The van der Waals surface area contributed by atoms with Crippen molar-refractivity contribution in [2.75, 3.05) is 5.73 Å². The Morgan fingerprint density at radius 1 is 1.09 bits per heavy atom. The van der Waals surface area contributed by atoms with E-state index in [9.17, 15) is 3.74 Å². The molecule has 0 spiro atoms. The van der Waals surface area contributed by atoms with Gasteiger partial charge in [-0.25, -0.2) is 0 Å². The average molecular weight is 219 g/mol. The largest absolute Gasteiger partial charge is 0.412 e. The SMILES string of the molecule is Nc1ccc([As]=O)cc1.O.O. The molecule has 62 valence electrons. The zero-order chi connectivity index (χ0) is 6.69. The number of hydrogen-bond donors (Lipinski definition) is 1. The van der Waals surface area contributed by atoms with E-state index in [0.717, 1.165) is 4.35 Å². The first-order chi connectivity index (χ1) is 4.33. The van der Waals surface area contributed by atoms with E-state index in [2.05, 4.69) is 0 Å². The van der Waals surface area contributed by atoms with E-state index < -0.39 is 15.7 Å². The first-order valence-corrected chi connectivity index (χ1v) is 4.22. The third-order valence-corrected chi connectivity index (χ3v) is 2.07. The van der Waals surface area contributed by atoms with E-state index >= 15 is 0 Å². The number of benzene rings is 1. The smallest absolute Gasteiger partial charge is 0.412 e. The molecule has 0 bridgehead atoms. The van der Waals surface area contributed by atoms with Crippen molar-refractivity contribution in [1.82, 2.24) is 0 Å². The summed E-state index contributed by atoms with van der Waals surface area (Å²) in [7, 11) is 0. The molecule has 6 N–H and O–H groups in total. The molecule has 11 heavy (non-hydrogen) atoms. The normalized spacial score (nSPS) is 8.00. The molecule has 0 radical (unpaired) electrons. The van der Waals surface area contributed by atoms with Crippen molar-refractivity contribution < 1.29 is 14.7 Å². The van der Waals surface area contributed by atoms with Crippen molar-refractivity contribution in [3.63, 3.8) is 0 Å². The first-order valence-electron chi connectivity index (χ1n) is 2.52. The minimum Gasteiger partial charge on any atom is -0.412 e. The molecule has 0 amide bonds. The van der Waals surface area contributed by atoms with Gasteiger partial charge in [-0.15, -0.1) is 0 Å². The van der Waals surface area contributed by atoms with E-state index in [1.165, 1.54) is 0 Å². The van der Waals surface area contributed by atoms with Gasteiger partial charge in [-0.3, -0.25) is 0 Å². The summed E-state index contributed by atoms with van der Waals surface area (Å²) in [6.07, 6.45) is 0. The van der Waals surface area contributed by atoms with E-state index in [1.807, 2.05) is 0 Å². The molecule has 0 aromatic heterocycles. The minimum absolute atomic E-state index is 0. The summed E-state index contributed by atoms with van der Waals surface area (Å²) in [6, 6.07) is 7.07. The number of rotatable bonds is 1. The molecule has 1 rings (SSSR count). The Hall–Kier alpha value is -0.702. The van der Waals surface area contributed by atoms with Crippen molar-refractivity contribution >= 4 is 25.7 Å². The first kappa shape index (κ1) is 12.9. The quantitative estimate of drug-likeness (QED) is 0.448. The zero-order valence-corrected chi connectivity index (χ0v) is 7.62. The summed E-state index contributed by atoms with van der Waals surface area (Å²) < 4.78 is 11.2. The third-order valence-electron chi connectivity index (χ3n) is 0.998. The fraction of sp³-hybridized carbons (Fsp3) is 0. The fourth-order valence-electron chi connectivity index (χ4n) is 0.535. The molecule has 1 aromatic carbocycles. The van der Waals surface area contributed by atoms with Gasteiger partial charge in [-0.2, -0.15) is 0 Å². The predicted octanol–water partition coefficient (Wildman–Crippen LogP) is -1.71. The Morgan fingerprint density at radius 2 is 1.55 bits per heavy atom. The molecule has 0 unspecified atom stereocenters. The molecule has 5 heteroatoms. The van der Waals surface area contributed by atoms with E-state index in [0.29, 0.717) is 5.69 Å². The Bertz CT molecular complexity index is 212. The van der Waals surface area contributed by atoms with Crippen molar-refractivity contribution in [2.45, 2.75) is 0 Å². The second kappa shape index (κ2) is 6.04. The van der Waals surface area contributed by atoms with Crippen LogP contribution in [-0.4, -0.2) is 26.6 Å². The molecule has 1 aromatic rings. The maximum Gasteiger partial charge on any atom is -0.412 e. The molecule has 0 atom stereocenters. The average Bonchev–Trinajstić information content (AvgIpc) is 1.90. The van der Waals surface area contributed by atoms with Crippen molar-refractivity contribution in [3.05, 3.63) is 24.3 Å². The Morgan fingerprint density at radius 3 is 1.91 bits per heavy atom. The summed E-state index contributed by atoms with van der Waals surface area (Å²) in [5.41, 5.74) is 6.11. The molecular weight excluding hydrogens is 209 g/mol. The van der Waals surface area contributed by atoms with Crippen LogP contribution in [0, 0.1) is 0 Å². The second-order valence-corrected chi connectivity index (χ2v) is 3.15. The Kier molecular flexibility index (Phi) is 7.10. The van der Waals surface area contributed by atoms with Gasteiger partial charge in [0.1, 0.15) is 0 Å². The standard InChI is InChI=1S/C6H6AsNO.2H2O/c8-6-3-1-5(7-9)2-4-6;;/h1-4H,8H2;2*1H2. The van der Waals surface area contributed by atoms with Gasteiger partial charge in [-0.1, -0.05) is 0 Å². The van der Waals surface area contributed by atoms with Gasteiger partial charge < -0.3 is 11.0 Å². The van der Waals surface area contributed by atoms with Gasteiger partial charge in [0.05, 0.1) is 0 Å². The predicted molar refractivity (Wildman–Crippen MR) is 44.2 cm³/mol. The van der Waals surface area contributed by atoms with Crippen LogP contribution in [0.3, 0.4) is 0 Å². The molecular formula is C6H10AsNO3. The fourth-order valence-corrected chi connectivity index (χ4v) is 1.10. The van der Waals surface area contributed by atoms with Gasteiger partial charge in [0.2, 0.25) is 0 Å². The molecule has 0 fully saturated rings. The molecule has 0 heterocycles. The van der Waals surface area contributed by atoms with Gasteiger partial charge in [0, 0.05) is 0 Å². The second-order valence-electron chi connectivity index (χ2n) is 1.68. The van der Waals surface area contributed by atoms with Crippen LogP contribution in [0.2, 0.25) is 0 Å². The molecule has 0 aliphatic rings. The number of nitrogen functional groups attached to an aromatic ring is 1. The van der Waals surface area contributed by atoms with Crippen LogP contribution in [0.25, 0.3) is 0 Å². The van der Waals surface area contributed by atoms with Crippen LogP contribution in [-0.2, 0) is 3.74 Å². The van der Waals surface area contributed by atoms with Crippen LogP contribution in [0.15, 0.2) is 24.3 Å². The summed E-state index contributed by atoms with van der Waals surface area (Å²) in [4.78, 5) is 0. The van der Waals surface area contributed by atoms with Crippen molar-refractivity contribution in [1.29, 1.82) is 0 Å². The molecule has 4 nitrogen and oxygen atoms in total. The van der Waals surface area contributed by atoms with E-state index in [1.54, 1.807) is 24.3 Å². The topological polar surface area (TPSA) is 106 Å². The monoisotopic (exact) mass is 219 g/mol. The summed E-state index contributed by atoms with van der Waals surface area (Å²) >= 11 is -0.885. The van der Waals surface area contributed by atoms with Crippen LogP contribution in [0.5, 0.6) is 0 Å². The molecule has 0 saturated carbocycles. The van der Waals surface area contributed by atoms with Gasteiger partial charge in [0.25, 0.3) is 0 Å². The summed E-state index contributed by atoms with van der Waals surface area (Å²) in [5, 5.41) is 0. The van der Waals surface area contributed by atoms with E-state index in [-0.39, 0.29) is 11.0 Å². The van der Waals surface area contributed by atoms with Gasteiger partial charge in [-0.05, 0) is 0 Å². The number of nitrogens with two attached hydrogens (primary N) is 1. The van der Waals surface area contributed by atoms with Crippen LogP contribution in [0.1, 0.15) is 0 Å². The van der Waals surface area contributed by atoms with Gasteiger partial charge >= 0.3 is 59.5 Å². The van der Waals surface area contributed by atoms with E-state index in [4.69, 9.17) is 5.73 Å². The minimum atomic E-state index is -0.885. The molecule has 0 aliphatic heterocycles. The molecule has 0 aliphatic carbocycles. The Balaban J connectivity index is 0. The number of anilines is 1. The summed E-state index contributed by atoms with van der Waals surface area (Å²) in [5.74, 6) is 0. The summed E-state index contributed by atoms with van der Waals surface area (Å²) in [6.45, 7) is 0. The van der Waals surface area contributed by atoms with Crippen LogP contribution >= 0.6 is 0 Å². The van der Waals surface area contributed by atoms with Crippen molar-refractivity contribution in [3.8, 4) is 0 Å². The number of hydrogen-bond acceptors (Lipinski definition) is 2. The zero-order valence-electron chi connectivity index (χ0n) is 5.74. The maximum atomic E-state index is 10.3.